The van der Waals surface area contributed by atoms with Crippen molar-refractivity contribution in [2.24, 2.45) is 0 Å². The van der Waals surface area contributed by atoms with Crippen LogP contribution < -0.4 is 0 Å². The van der Waals surface area contributed by atoms with Gasteiger partial charge in [-0.25, -0.2) is 5.06 Å². The fraction of sp³-hybridized carbons (Fsp3) is 0.700. The Morgan fingerprint density at radius 2 is 1.77 bits per heavy atom. The maximum absolute atomic E-state index is 11.4. The molecule has 3 heteroatoms. The van der Waals surface area contributed by atoms with Crippen LogP contribution in [0, 0.1) is 0 Å². The third kappa shape index (κ3) is 1.91. The van der Waals surface area contributed by atoms with Crippen LogP contribution in [0.4, 0.5) is 0 Å². The summed E-state index contributed by atoms with van der Waals surface area (Å²) < 4.78 is 0. The summed E-state index contributed by atoms with van der Waals surface area (Å²) in [4.78, 5) is 16.8. The molecule has 0 aromatic heterocycles. The van der Waals surface area contributed by atoms with E-state index in [0.29, 0.717) is 0 Å². The first-order valence-corrected chi connectivity index (χ1v) is 4.01. The zero-order valence-corrected chi connectivity index (χ0v) is 8.26. The lowest BCUT2D eigenvalue weighted by atomic mass is 9.93. The topological polar surface area (TPSA) is 29.5 Å². The maximum atomic E-state index is 11.4. The van der Waals surface area contributed by atoms with Gasteiger partial charge >= 0.3 is 0 Å². The fourth-order valence-corrected chi connectivity index (χ4v) is 1.30. The molecule has 0 saturated heterocycles. The van der Waals surface area contributed by atoms with Gasteiger partial charge in [0.15, 0.2) is 0 Å². The Balaban J connectivity index is 0.00000144. The van der Waals surface area contributed by atoms with Gasteiger partial charge in [0.05, 0.1) is 0 Å². The molecule has 0 spiro atoms. The smallest absolute Gasteiger partial charge is 0.267 e. The first kappa shape index (κ1) is 12.2. The molecule has 0 aromatic rings. The summed E-state index contributed by atoms with van der Waals surface area (Å²) in [5, 5.41) is 1.29. The molecule has 1 aliphatic heterocycles. The second-order valence-corrected chi connectivity index (χ2v) is 3.65. The highest BCUT2D eigenvalue weighted by Crippen LogP contribution is 2.29. The molecule has 76 valence electrons. The highest BCUT2D eigenvalue weighted by Gasteiger charge is 2.34. The molecule has 0 bridgehead atoms. The number of likely N-dealkylation sites (N-methyl/N-ethyl adjacent to an activating group) is 1. The predicted octanol–water partition coefficient (Wildman–Crippen LogP) is 2.14. The molecule has 0 radical (unpaired) electrons. The average molecular weight is 185 g/mol. The minimum atomic E-state index is -0.354. The number of carbonyl (C=O) groups excluding carboxylic acids is 1. The van der Waals surface area contributed by atoms with Crippen LogP contribution in [0.15, 0.2) is 11.1 Å². The van der Waals surface area contributed by atoms with Crippen molar-refractivity contribution in [1.82, 2.24) is 5.06 Å². The molecule has 0 unspecified atom stereocenters. The van der Waals surface area contributed by atoms with Crippen LogP contribution in [0.2, 0.25) is 0 Å². The third-order valence-electron chi connectivity index (χ3n) is 2.44. The molecule has 0 aromatic carbocycles. The molecular weight excluding hydrogens is 166 g/mol. The molecule has 0 N–H and O–H groups in total. The molecule has 1 rings (SSSR count). The Morgan fingerprint density at radius 1 is 1.31 bits per heavy atom. The SMILES string of the molecule is C.CC1=C(C)C(C)(C)ON(C)C1=O. The van der Waals surface area contributed by atoms with Gasteiger partial charge in [0, 0.05) is 12.6 Å². The number of hydrogen-bond acceptors (Lipinski definition) is 2. The summed E-state index contributed by atoms with van der Waals surface area (Å²) in [5.41, 5.74) is 1.44. The molecule has 1 amide bonds. The van der Waals surface area contributed by atoms with E-state index in [-0.39, 0.29) is 18.9 Å². The summed E-state index contributed by atoms with van der Waals surface area (Å²) in [6, 6.07) is 0. The molecule has 0 saturated carbocycles. The van der Waals surface area contributed by atoms with E-state index >= 15 is 0 Å². The van der Waals surface area contributed by atoms with Gasteiger partial charge in [-0.15, -0.1) is 0 Å². The summed E-state index contributed by atoms with van der Waals surface area (Å²) in [6.07, 6.45) is 0. The van der Waals surface area contributed by atoms with Crippen LogP contribution in [-0.2, 0) is 9.63 Å². The van der Waals surface area contributed by atoms with E-state index in [2.05, 4.69) is 0 Å². The normalized spacial score (nSPS) is 21.6. The number of carbonyl (C=O) groups is 1. The quantitative estimate of drug-likeness (QED) is 0.578. The zero-order chi connectivity index (χ0) is 9.52. The summed E-state index contributed by atoms with van der Waals surface area (Å²) in [6.45, 7) is 7.67. The van der Waals surface area contributed by atoms with Gasteiger partial charge in [0.2, 0.25) is 0 Å². The van der Waals surface area contributed by atoms with E-state index < -0.39 is 0 Å². The highest BCUT2D eigenvalue weighted by molar-refractivity contribution is 5.93. The van der Waals surface area contributed by atoms with E-state index in [1.165, 1.54) is 5.06 Å². The minimum Gasteiger partial charge on any atom is -0.267 e. The minimum absolute atomic E-state index is 0. The molecule has 3 nitrogen and oxygen atoms in total. The van der Waals surface area contributed by atoms with E-state index in [4.69, 9.17) is 4.84 Å². The Morgan fingerprint density at radius 3 is 2.23 bits per heavy atom. The van der Waals surface area contributed by atoms with Crippen molar-refractivity contribution in [3.8, 4) is 0 Å². The number of nitrogens with zero attached hydrogens (tertiary/aromatic N) is 1. The predicted molar refractivity (Wildman–Crippen MR) is 53.0 cm³/mol. The van der Waals surface area contributed by atoms with Crippen molar-refractivity contribution in [3.63, 3.8) is 0 Å². The number of rotatable bonds is 0. The van der Waals surface area contributed by atoms with Gasteiger partial charge in [0.25, 0.3) is 5.91 Å². The summed E-state index contributed by atoms with van der Waals surface area (Å²) >= 11 is 0. The average Bonchev–Trinajstić information content (AvgIpc) is 1.97. The molecular formula is C10H19NO2. The van der Waals surface area contributed by atoms with E-state index in [1.807, 2.05) is 27.7 Å². The monoisotopic (exact) mass is 185 g/mol. The van der Waals surface area contributed by atoms with Crippen molar-refractivity contribution < 1.29 is 9.63 Å². The van der Waals surface area contributed by atoms with Crippen LogP contribution in [-0.4, -0.2) is 23.6 Å². The van der Waals surface area contributed by atoms with Crippen molar-refractivity contribution in [3.05, 3.63) is 11.1 Å². The van der Waals surface area contributed by atoms with E-state index in [1.54, 1.807) is 7.05 Å². The zero-order valence-electron chi connectivity index (χ0n) is 8.26. The van der Waals surface area contributed by atoms with Crippen molar-refractivity contribution in [1.29, 1.82) is 0 Å². The Kier molecular flexibility index (Phi) is 3.28. The number of amides is 1. The second-order valence-electron chi connectivity index (χ2n) is 3.65. The molecule has 1 heterocycles. The first-order chi connectivity index (χ1) is 5.36. The highest BCUT2D eigenvalue weighted by atomic mass is 16.7. The van der Waals surface area contributed by atoms with Gasteiger partial charge in [-0.2, -0.15) is 0 Å². The summed E-state index contributed by atoms with van der Waals surface area (Å²) in [5.74, 6) is -0.0492. The van der Waals surface area contributed by atoms with Crippen LogP contribution in [0.25, 0.3) is 0 Å². The number of hydrogen-bond donors (Lipinski definition) is 0. The molecule has 13 heavy (non-hydrogen) atoms. The fourth-order valence-electron chi connectivity index (χ4n) is 1.30. The molecule has 0 aliphatic carbocycles. The van der Waals surface area contributed by atoms with Crippen molar-refractivity contribution in [2.75, 3.05) is 7.05 Å². The largest absolute Gasteiger partial charge is 0.272 e. The van der Waals surface area contributed by atoms with Gasteiger partial charge in [0.1, 0.15) is 5.60 Å². The van der Waals surface area contributed by atoms with Gasteiger partial charge in [-0.05, 0) is 33.3 Å². The van der Waals surface area contributed by atoms with Crippen LogP contribution in [0.1, 0.15) is 35.1 Å². The molecule has 0 fully saturated rings. The lowest BCUT2D eigenvalue weighted by molar-refractivity contribution is -0.214. The van der Waals surface area contributed by atoms with Gasteiger partial charge in [-0.3, -0.25) is 9.63 Å². The second kappa shape index (κ2) is 3.50. The Hall–Kier alpha value is -0.830. The first-order valence-electron chi connectivity index (χ1n) is 4.01. The molecule has 0 atom stereocenters. The van der Waals surface area contributed by atoms with Crippen LogP contribution >= 0.6 is 0 Å². The third-order valence-corrected chi connectivity index (χ3v) is 2.44. The van der Waals surface area contributed by atoms with Crippen LogP contribution in [0.5, 0.6) is 0 Å². The lowest BCUT2D eigenvalue weighted by Gasteiger charge is -2.36. The van der Waals surface area contributed by atoms with Crippen molar-refractivity contribution in [2.45, 2.75) is 40.7 Å². The van der Waals surface area contributed by atoms with E-state index in [0.717, 1.165) is 11.1 Å². The van der Waals surface area contributed by atoms with E-state index in [9.17, 15) is 4.79 Å². The number of hydroxylamine groups is 2. The van der Waals surface area contributed by atoms with Crippen LogP contribution in [0.3, 0.4) is 0 Å². The summed E-state index contributed by atoms with van der Waals surface area (Å²) in [7, 11) is 1.64. The Bertz CT molecular complexity index is 254. The standard InChI is InChI=1S/C9H15NO2.CH4/c1-6-7(2)9(3,4)12-10(5)8(6)11;/h1-5H3;1H4. The van der Waals surface area contributed by atoms with Gasteiger partial charge < -0.3 is 0 Å². The maximum Gasteiger partial charge on any atom is 0.272 e. The lowest BCUT2D eigenvalue weighted by Crippen LogP contribution is -2.44. The molecule has 1 aliphatic rings. The Labute approximate surface area is 80.3 Å². The van der Waals surface area contributed by atoms with Gasteiger partial charge in [-0.1, -0.05) is 7.43 Å². The van der Waals surface area contributed by atoms with Crippen molar-refractivity contribution >= 4 is 5.91 Å².